The zero-order valence-corrected chi connectivity index (χ0v) is 16.0. The number of carbonyl (C=O) groups excluding carboxylic acids is 1. The predicted octanol–water partition coefficient (Wildman–Crippen LogP) is 4.75. The number of rotatable bonds is 5. The highest BCUT2D eigenvalue weighted by atomic mass is 79.9. The molecule has 0 aliphatic heterocycles. The molecule has 0 radical (unpaired) electrons. The molecule has 132 valence electrons. The average molecular weight is 410 g/mol. The van der Waals surface area contributed by atoms with Crippen molar-refractivity contribution in [3.63, 3.8) is 0 Å². The third-order valence-corrected chi connectivity index (χ3v) is 4.84. The van der Waals surface area contributed by atoms with Crippen LogP contribution in [0.1, 0.15) is 22.8 Å². The van der Waals surface area contributed by atoms with E-state index in [0.29, 0.717) is 5.56 Å². The van der Waals surface area contributed by atoms with Crippen LogP contribution in [0.3, 0.4) is 0 Å². The van der Waals surface area contributed by atoms with Crippen LogP contribution in [0.4, 0.5) is 0 Å². The monoisotopic (exact) mass is 409 g/mol. The minimum Gasteiger partial charge on any atom is -0.384 e. The first kappa shape index (κ1) is 18.4. The van der Waals surface area contributed by atoms with Crippen LogP contribution >= 0.6 is 15.9 Å². The number of hydrogen-bond donors (Lipinski definition) is 2. The summed E-state index contributed by atoms with van der Waals surface area (Å²) in [5.41, 5.74) is 2.38. The number of carbonyl (C=O) groups is 1. The second-order valence-corrected chi connectivity index (χ2v) is 7.32. The van der Waals surface area contributed by atoms with Gasteiger partial charge in [0.15, 0.2) is 0 Å². The second-order valence-electron chi connectivity index (χ2n) is 6.41. The van der Waals surface area contributed by atoms with Crippen LogP contribution in [0.5, 0.6) is 0 Å². The number of halogens is 1. The molecule has 1 amide bonds. The molecule has 26 heavy (non-hydrogen) atoms. The van der Waals surface area contributed by atoms with Crippen molar-refractivity contribution in [2.45, 2.75) is 12.5 Å². The lowest BCUT2D eigenvalue weighted by Gasteiger charge is -2.24. The van der Waals surface area contributed by atoms with E-state index in [1.165, 1.54) is 0 Å². The Hall–Kier alpha value is -2.43. The zero-order valence-electron chi connectivity index (χ0n) is 14.4. The molecule has 4 heteroatoms. The van der Waals surface area contributed by atoms with E-state index in [9.17, 15) is 9.90 Å². The summed E-state index contributed by atoms with van der Waals surface area (Å²) in [5, 5.41) is 13.6. The zero-order chi connectivity index (χ0) is 18.6. The highest BCUT2D eigenvalue weighted by Gasteiger charge is 2.24. The van der Waals surface area contributed by atoms with E-state index in [1.807, 2.05) is 66.7 Å². The van der Waals surface area contributed by atoms with Crippen LogP contribution in [-0.2, 0) is 5.60 Å². The molecule has 0 heterocycles. The first-order chi connectivity index (χ1) is 12.5. The summed E-state index contributed by atoms with van der Waals surface area (Å²) in [6.07, 6.45) is 0. The maximum absolute atomic E-state index is 12.2. The maximum atomic E-state index is 12.2. The van der Waals surface area contributed by atoms with Gasteiger partial charge in [-0.15, -0.1) is 0 Å². The van der Waals surface area contributed by atoms with Gasteiger partial charge in [0.1, 0.15) is 5.60 Å². The van der Waals surface area contributed by atoms with Crippen molar-refractivity contribution in [1.82, 2.24) is 5.32 Å². The highest BCUT2D eigenvalue weighted by Crippen LogP contribution is 2.25. The molecule has 2 N–H and O–H groups in total. The van der Waals surface area contributed by atoms with Gasteiger partial charge in [-0.25, -0.2) is 0 Å². The lowest BCUT2D eigenvalue weighted by Crippen LogP contribution is -2.38. The summed E-state index contributed by atoms with van der Waals surface area (Å²) in [6.45, 7) is 1.83. The molecular weight excluding hydrogens is 390 g/mol. The molecule has 0 aliphatic carbocycles. The lowest BCUT2D eigenvalue weighted by molar-refractivity contribution is 0.0526. The number of aliphatic hydroxyl groups is 1. The fourth-order valence-corrected chi connectivity index (χ4v) is 2.97. The average Bonchev–Trinajstić information content (AvgIpc) is 2.67. The molecule has 0 aliphatic rings. The summed E-state index contributed by atoms with van der Waals surface area (Å²) < 4.78 is 0.916. The Morgan fingerprint density at radius 2 is 1.50 bits per heavy atom. The molecule has 3 rings (SSSR count). The Labute approximate surface area is 161 Å². The van der Waals surface area contributed by atoms with Crippen LogP contribution in [0.15, 0.2) is 83.3 Å². The van der Waals surface area contributed by atoms with Gasteiger partial charge >= 0.3 is 0 Å². The van der Waals surface area contributed by atoms with Crippen molar-refractivity contribution in [3.8, 4) is 11.1 Å². The Morgan fingerprint density at radius 1 is 0.923 bits per heavy atom. The van der Waals surface area contributed by atoms with Crippen LogP contribution < -0.4 is 5.32 Å². The minimum absolute atomic E-state index is 0.132. The van der Waals surface area contributed by atoms with Crippen LogP contribution in [0.25, 0.3) is 11.1 Å². The molecule has 1 unspecified atom stereocenters. The fourth-order valence-electron chi connectivity index (χ4n) is 2.71. The van der Waals surface area contributed by atoms with Gasteiger partial charge in [0.2, 0.25) is 0 Å². The van der Waals surface area contributed by atoms with Gasteiger partial charge in [-0.05, 0) is 47.9 Å². The standard InChI is InChI=1S/C22H20BrNO2/c1-22(26,15-24-21(25)18-9-13-20(23)14-10-18)19-11-7-17(8-12-19)16-5-3-2-4-6-16/h2-14,26H,15H2,1H3,(H,24,25). The van der Waals surface area contributed by atoms with Crippen molar-refractivity contribution in [2.75, 3.05) is 6.54 Å². The normalized spacial score (nSPS) is 13.0. The predicted molar refractivity (Wildman–Crippen MR) is 108 cm³/mol. The quantitative estimate of drug-likeness (QED) is 0.638. The van der Waals surface area contributed by atoms with Gasteiger partial charge in [0.25, 0.3) is 5.91 Å². The summed E-state index contributed by atoms with van der Waals surface area (Å²) in [7, 11) is 0. The van der Waals surface area contributed by atoms with Gasteiger partial charge in [0.05, 0.1) is 6.54 Å². The molecule has 0 bridgehead atoms. The number of nitrogens with one attached hydrogen (secondary N) is 1. The summed E-state index contributed by atoms with van der Waals surface area (Å²) >= 11 is 3.35. The fraction of sp³-hybridized carbons (Fsp3) is 0.136. The van der Waals surface area contributed by atoms with Gasteiger partial charge < -0.3 is 10.4 Å². The van der Waals surface area contributed by atoms with Crippen LogP contribution in [-0.4, -0.2) is 17.6 Å². The summed E-state index contributed by atoms with van der Waals surface area (Å²) in [6, 6.07) is 24.9. The molecule has 3 aromatic carbocycles. The number of benzene rings is 3. The minimum atomic E-state index is -1.15. The van der Waals surface area contributed by atoms with Gasteiger partial charge in [0, 0.05) is 10.0 Å². The number of amides is 1. The maximum Gasteiger partial charge on any atom is 0.251 e. The highest BCUT2D eigenvalue weighted by molar-refractivity contribution is 9.10. The molecule has 3 aromatic rings. The van der Waals surface area contributed by atoms with Crippen molar-refractivity contribution in [2.24, 2.45) is 0 Å². The Morgan fingerprint density at radius 3 is 2.12 bits per heavy atom. The topological polar surface area (TPSA) is 49.3 Å². The first-order valence-electron chi connectivity index (χ1n) is 8.38. The number of hydrogen-bond acceptors (Lipinski definition) is 2. The third kappa shape index (κ3) is 4.40. The van der Waals surface area contributed by atoms with Crippen molar-refractivity contribution >= 4 is 21.8 Å². The van der Waals surface area contributed by atoms with Gasteiger partial charge in [-0.3, -0.25) is 4.79 Å². The van der Waals surface area contributed by atoms with Crippen molar-refractivity contribution in [1.29, 1.82) is 0 Å². The molecule has 0 fully saturated rings. The molecule has 0 spiro atoms. The largest absolute Gasteiger partial charge is 0.384 e. The van der Waals surface area contributed by atoms with E-state index in [-0.39, 0.29) is 12.5 Å². The summed E-state index contributed by atoms with van der Waals surface area (Å²) in [4.78, 5) is 12.2. The Kier molecular flexibility index (Phi) is 5.55. The van der Waals surface area contributed by atoms with E-state index in [0.717, 1.165) is 21.2 Å². The van der Waals surface area contributed by atoms with E-state index in [2.05, 4.69) is 21.2 Å². The smallest absolute Gasteiger partial charge is 0.251 e. The van der Waals surface area contributed by atoms with Gasteiger partial charge in [-0.2, -0.15) is 0 Å². The van der Waals surface area contributed by atoms with Crippen LogP contribution in [0.2, 0.25) is 0 Å². The van der Waals surface area contributed by atoms with Crippen molar-refractivity contribution in [3.05, 3.63) is 94.5 Å². The van der Waals surface area contributed by atoms with E-state index >= 15 is 0 Å². The van der Waals surface area contributed by atoms with E-state index < -0.39 is 5.60 Å². The molecule has 0 saturated carbocycles. The lowest BCUT2D eigenvalue weighted by atomic mass is 9.93. The summed E-state index contributed by atoms with van der Waals surface area (Å²) in [5.74, 6) is -0.210. The third-order valence-electron chi connectivity index (χ3n) is 4.31. The molecule has 3 nitrogen and oxygen atoms in total. The van der Waals surface area contributed by atoms with E-state index in [4.69, 9.17) is 0 Å². The molecular formula is C22H20BrNO2. The molecule has 1 atom stereocenters. The first-order valence-corrected chi connectivity index (χ1v) is 9.17. The van der Waals surface area contributed by atoms with Crippen LogP contribution in [0, 0.1) is 0 Å². The SMILES string of the molecule is CC(O)(CNC(=O)c1ccc(Br)cc1)c1ccc(-c2ccccc2)cc1. The second kappa shape index (κ2) is 7.85. The van der Waals surface area contributed by atoms with Gasteiger partial charge in [-0.1, -0.05) is 70.5 Å². The molecule has 0 aromatic heterocycles. The Balaban J connectivity index is 1.67. The molecule has 0 saturated heterocycles. The Bertz CT molecular complexity index is 872. The van der Waals surface area contributed by atoms with E-state index in [1.54, 1.807) is 19.1 Å². The van der Waals surface area contributed by atoms with Crippen molar-refractivity contribution < 1.29 is 9.90 Å².